The molecule has 2 aromatic rings. The third kappa shape index (κ3) is 3.79. The van der Waals surface area contributed by atoms with Crippen molar-refractivity contribution in [3.63, 3.8) is 0 Å². The molecule has 0 radical (unpaired) electrons. The number of aromatic nitrogens is 1. The standard InChI is InChI=1S/C10H9BrN2O2S2/c11-6-1-8(16-4-6)3-12-10-13-7(5-17-10)2-9(14)15/h1,4-5H,2-3H2,(H,12,13)(H,14,15). The number of halogens is 1. The molecule has 0 aliphatic heterocycles. The smallest absolute Gasteiger partial charge is 0.309 e. The zero-order valence-corrected chi connectivity index (χ0v) is 11.9. The predicted octanol–water partition coefficient (Wildman–Crippen LogP) is 3.21. The molecule has 0 fully saturated rings. The Balaban J connectivity index is 1.91. The highest BCUT2D eigenvalue weighted by atomic mass is 79.9. The van der Waals surface area contributed by atoms with E-state index in [0.29, 0.717) is 12.2 Å². The van der Waals surface area contributed by atoms with E-state index in [1.165, 1.54) is 16.2 Å². The Kier molecular flexibility index (Phi) is 4.14. The second kappa shape index (κ2) is 5.61. The largest absolute Gasteiger partial charge is 0.481 e. The van der Waals surface area contributed by atoms with Gasteiger partial charge in [-0.15, -0.1) is 22.7 Å². The minimum atomic E-state index is -0.857. The van der Waals surface area contributed by atoms with E-state index in [1.807, 2.05) is 11.4 Å². The molecule has 0 saturated heterocycles. The topological polar surface area (TPSA) is 62.2 Å². The van der Waals surface area contributed by atoms with Gasteiger partial charge in [-0.1, -0.05) is 0 Å². The summed E-state index contributed by atoms with van der Waals surface area (Å²) in [5, 5.41) is 16.3. The molecule has 0 spiro atoms. The van der Waals surface area contributed by atoms with Crippen molar-refractivity contribution in [3.05, 3.63) is 31.9 Å². The lowest BCUT2D eigenvalue weighted by atomic mass is 10.3. The van der Waals surface area contributed by atoms with E-state index in [-0.39, 0.29) is 6.42 Å². The van der Waals surface area contributed by atoms with Crippen LogP contribution in [0.2, 0.25) is 0 Å². The summed E-state index contributed by atoms with van der Waals surface area (Å²) in [7, 11) is 0. The molecule has 2 rings (SSSR count). The number of thiophene rings is 1. The van der Waals surface area contributed by atoms with Gasteiger partial charge in [0.2, 0.25) is 0 Å². The van der Waals surface area contributed by atoms with Crippen molar-refractivity contribution >= 4 is 49.7 Å². The van der Waals surface area contributed by atoms with Crippen molar-refractivity contribution in [1.29, 1.82) is 0 Å². The van der Waals surface area contributed by atoms with Crippen LogP contribution in [0.4, 0.5) is 5.13 Å². The summed E-state index contributed by atoms with van der Waals surface area (Å²) >= 11 is 6.48. The second-order valence-electron chi connectivity index (χ2n) is 3.30. The minimum absolute atomic E-state index is 0.0251. The lowest BCUT2D eigenvalue weighted by molar-refractivity contribution is -0.136. The monoisotopic (exact) mass is 332 g/mol. The molecule has 90 valence electrons. The average molecular weight is 333 g/mol. The Morgan fingerprint density at radius 2 is 2.29 bits per heavy atom. The van der Waals surface area contributed by atoms with Gasteiger partial charge < -0.3 is 10.4 Å². The molecule has 17 heavy (non-hydrogen) atoms. The van der Waals surface area contributed by atoms with Crippen molar-refractivity contribution < 1.29 is 9.90 Å². The van der Waals surface area contributed by atoms with E-state index in [2.05, 4.69) is 26.2 Å². The average Bonchev–Trinajstić information content (AvgIpc) is 2.84. The van der Waals surface area contributed by atoms with Gasteiger partial charge in [0.1, 0.15) is 0 Å². The Bertz CT molecular complexity index is 524. The van der Waals surface area contributed by atoms with Crippen molar-refractivity contribution in [2.45, 2.75) is 13.0 Å². The Labute approximate surface area is 114 Å². The fraction of sp³-hybridized carbons (Fsp3) is 0.200. The molecule has 0 amide bonds. The number of carbonyl (C=O) groups is 1. The number of aliphatic carboxylic acids is 1. The number of hydrogen-bond donors (Lipinski definition) is 2. The number of carboxylic acid groups (broad SMARTS) is 1. The number of nitrogens with one attached hydrogen (secondary N) is 1. The van der Waals surface area contributed by atoms with E-state index in [0.717, 1.165) is 9.60 Å². The Morgan fingerprint density at radius 3 is 2.94 bits per heavy atom. The van der Waals surface area contributed by atoms with Gasteiger partial charge in [-0.05, 0) is 22.0 Å². The third-order valence-electron chi connectivity index (χ3n) is 1.92. The van der Waals surface area contributed by atoms with Gasteiger partial charge in [-0.2, -0.15) is 0 Å². The van der Waals surface area contributed by atoms with Gasteiger partial charge in [0.25, 0.3) is 0 Å². The van der Waals surface area contributed by atoms with E-state index < -0.39 is 5.97 Å². The van der Waals surface area contributed by atoms with Gasteiger partial charge in [-0.25, -0.2) is 4.98 Å². The maximum absolute atomic E-state index is 10.5. The van der Waals surface area contributed by atoms with Crippen molar-refractivity contribution in [2.24, 2.45) is 0 Å². The third-order valence-corrected chi connectivity index (χ3v) is 4.47. The Hall–Kier alpha value is -0.920. The van der Waals surface area contributed by atoms with Crippen LogP contribution in [-0.2, 0) is 17.8 Å². The quantitative estimate of drug-likeness (QED) is 0.882. The van der Waals surface area contributed by atoms with Crippen LogP contribution in [0.25, 0.3) is 0 Å². The molecular weight excluding hydrogens is 324 g/mol. The number of rotatable bonds is 5. The molecule has 0 unspecified atom stereocenters. The predicted molar refractivity (Wildman–Crippen MR) is 72.8 cm³/mol. The summed E-state index contributed by atoms with van der Waals surface area (Å²) in [5.41, 5.74) is 0.595. The van der Waals surface area contributed by atoms with Crippen molar-refractivity contribution in [2.75, 3.05) is 5.32 Å². The van der Waals surface area contributed by atoms with Crippen LogP contribution in [0.3, 0.4) is 0 Å². The van der Waals surface area contributed by atoms with E-state index in [1.54, 1.807) is 16.7 Å². The molecule has 0 aliphatic rings. The lowest BCUT2D eigenvalue weighted by Gasteiger charge is -1.98. The molecule has 7 heteroatoms. The van der Waals surface area contributed by atoms with E-state index in [4.69, 9.17) is 5.11 Å². The molecule has 0 saturated carbocycles. The SMILES string of the molecule is O=C(O)Cc1csc(NCc2cc(Br)cs2)n1. The van der Waals surface area contributed by atoms with Crippen LogP contribution >= 0.6 is 38.6 Å². The summed E-state index contributed by atoms with van der Waals surface area (Å²) in [6.45, 7) is 0.705. The Morgan fingerprint density at radius 1 is 1.47 bits per heavy atom. The summed E-state index contributed by atoms with van der Waals surface area (Å²) in [6, 6.07) is 2.05. The maximum Gasteiger partial charge on any atom is 0.309 e. The van der Waals surface area contributed by atoms with Crippen LogP contribution in [0.1, 0.15) is 10.6 Å². The highest BCUT2D eigenvalue weighted by Gasteiger charge is 2.06. The first-order chi connectivity index (χ1) is 8.13. The minimum Gasteiger partial charge on any atom is -0.481 e. The number of hydrogen-bond acceptors (Lipinski definition) is 5. The van der Waals surface area contributed by atoms with Gasteiger partial charge in [0, 0.05) is 20.1 Å². The molecule has 0 aliphatic carbocycles. The molecule has 2 heterocycles. The highest BCUT2D eigenvalue weighted by Crippen LogP contribution is 2.22. The molecule has 2 aromatic heterocycles. The summed E-state index contributed by atoms with van der Waals surface area (Å²) < 4.78 is 1.07. The number of anilines is 1. The normalized spacial score (nSPS) is 10.4. The second-order valence-corrected chi connectivity index (χ2v) is 6.07. The summed E-state index contributed by atoms with van der Waals surface area (Å²) in [5.74, 6) is -0.857. The number of thiazole rings is 1. The van der Waals surface area contributed by atoms with Gasteiger partial charge in [-0.3, -0.25) is 4.79 Å². The lowest BCUT2D eigenvalue weighted by Crippen LogP contribution is -2.01. The van der Waals surface area contributed by atoms with Gasteiger partial charge >= 0.3 is 5.97 Å². The van der Waals surface area contributed by atoms with Crippen LogP contribution < -0.4 is 5.32 Å². The molecule has 2 N–H and O–H groups in total. The molecule has 0 atom stereocenters. The number of carboxylic acids is 1. The van der Waals surface area contributed by atoms with E-state index >= 15 is 0 Å². The maximum atomic E-state index is 10.5. The van der Waals surface area contributed by atoms with Crippen molar-refractivity contribution in [3.8, 4) is 0 Å². The zero-order chi connectivity index (χ0) is 12.3. The van der Waals surface area contributed by atoms with Crippen LogP contribution in [0.15, 0.2) is 21.3 Å². The molecular formula is C10H9BrN2O2S2. The summed E-state index contributed by atoms with van der Waals surface area (Å²) in [4.78, 5) is 15.9. The van der Waals surface area contributed by atoms with Crippen LogP contribution in [-0.4, -0.2) is 16.1 Å². The first-order valence-corrected chi connectivity index (χ1v) is 7.31. The van der Waals surface area contributed by atoms with Crippen molar-refractivity contribution in [1.82, 2.24) is 4.98 Å². The first-order valence-electron chi connectivity index (χ1n) is 4.76. The van der Waals surface area contributed by atoms with E-state index in [9.17, 15) is 4.79 Å². The molecule has 0 bridgehead atoms. The molecule has 0 aromatic carbocycles. The zero-order valence-electron chi connectivity index (χ0n) is 8.64. The van der Waals surface area contributed by atoms with Crippen LogP contribution in [0, 0.1) is 0 Å². The highest BCUT2D eigenvalue weighted by molar-refractivity contribution is 9.10. The fourth-order valence-electron chi connectivity index (χ4n) is 1.23. The summed E-state index contributed by atoms with van der Waals surface area (Å²) in [6.07, 6.45) is -0.0251. The van der Waals surface area contributed by atoms with Gasteiger partial charge in [0.05, 0.1) is 18.7 Å². The fourth-order valence-corrected chi connectivity index (χ4v) is 3.33. The number of nitrogens with zero attached hydrogens (tertiary/aromatic N) is 1. The first kappa shape index (κ1) is 12.5. The van der Waals surface area contributed by atoms with Crippen LogP contribution in [0.5, 0.6) is 0 Å². The van der Waals surface area contributed by atoms with Gasteiger partial charge in [0.15, 0.2) is 5.13 Å². The molecule has 4 nitrogen and oxygen atoms in total.